The van der Waals surface area contributed by atoms with E-state index < -0.39 is 0 Å². The van der Waals surface area contributed by atoms with Crippen molar-refractivity contribution in [1.29, 1.82) is 0 Å². The molecule has 0 atom stereocenters. The zero-order valence-electron chi connectivity index (χ0n) is 16.1. The molecule has 29 heavy (non-hydrogen) atoms. The van der Waals surface area contributed by atoms with Gasteiger partial charge in [-0.25, -0.2) is 15.0 Å². The number of anilines is 1. The maximum absolute atomic E-state index is 12.6. The van der Waals surface area contributed by atoms with Gasteiger partial charge in [-0.15, -0.1) is 11.3 Å². The Labute approximate surface area is 176 Å². The van der Waals surface area contributed by atoms with Crippen molar-refractivity contribution in [2.45, 2.75) is 43.0 Å². The molecule has 2 N–H and O–H groups in total. The van der Waals surface area contributed by atoms with Crippen molar-refractivity contribution in [3.63, 3.8) is 0 Å². The van der Waals surface area contributed by atoms with Gasteiger partial charge in [-0.05, 0) is 43.4 Å². The molecule has 1 aliphatic rings. The van der Waals surface area contributed by atoms with E-state index in [-0.39, 0.29) is 5.56 Å². The van der Waals surface area contributed by atoms with Crippen molar-refractivity contribution in [1.82, 2.24) is 19.5 Å². The third-order valence-electron chi connectivity index (χ3n) is 5.41. The Balaban J connectivity index is 1.48. The molecule has 3 aromatic heterocycles. The van der Waals surface area contributed by atoms with Gasteiger partial charge in [0.15, 0.2) is 5.16 Å². The molecule has 148 valence electrons. The van der Waals surface area contributed by atoms with E-state index in [0.29, 0.717) is 33.5 Å². The molecule has 0 amide bonds. The van der Waals surface area contributed by atoms with Crippen LogP contribution in [-0.4, -0.2) is 19.5 Å². The van der Waals surface area contributed by atoms with Crippen molar-refractivity contribution in [2.75, 3.05) is 5.73 Å². The first-order valence-electron chi connectivity index (χ1n) is 9.77. The van der Waals surface area contributed by atoms with Gasteiger partial charge in [0, 0.05) is 11.9 Å². The van der Waals surface area contributed by atoms with E-state index in [4.69, 9.17) is 10.7 Å². The van der Waals surface area contributed by atoms with Gasteiger partial charge in [0.1, 0.15) is 16.5 Å². The first kappa shape index (κ1) is 18.6. The fourth-order valence-electron chi connectivity index (χ4n) is 3.93. The first-order chi connectivity index (χ1) is 14.1. The molecule has 0 aliphatic heterocycles. The Kier molecular flexibility index (Phi) is 4.75. The van der Waals surface area contributed by atoms with Crippen LogP contribution < -0.4 is 11.3 Å². The van der Waals surface area contributed by atoms with Gasteiger partial charge in [-0.2, -0.15) is 0 Å². The summed E-state index contributed by atoms with van der Waals surface area (Å²) in [5.41, 5.74) is 8.37. The third kappa shape index (κ3) is 3.30. The third-order valence-corrected chi connectivity index (χ3v) is 7.62. The lowest BCUT2D eigenvalue weighted by Crippen LogP contribution is -2.20. The average Bonchev–Trinajstić information content (AvgIpc) is 2.91. The standard InChI is InChI=1S/C21H21N5OS2/c1-26-20(27)12-7-5-6-9-14(12)23-21(26)28-11-16-24-18(22)17-13-8-3-2-4-10-15(13)29-19(17)25-16/h5-7,9H,2-4,8,10-11H2,1H3,(H2,22,24,25). The summed E-state index contributed by atoms with van der Waals surface area (Å²) < 4.78 is 1.59. The van der Waals surface area contributed by atoms with E-state index in [1.807, 2.05) is 18.2 Å². The zero-order chi connectivity index (χ0) is 20.0. The summed E-state index contributed by atoms with van der Waals surface area (Å²) in [7, 11) is 1.75. The highest BCUT2D eigenvalue weighted by atomic mass is 32.2. The Bertz CT molecular complexity index is 1290. The summed E-state index contributed by atoms with van der Waals surface area (Å²) in [6, 6.07) is 7.41. The van der Waals surface area contributed by atoms with Gasteiger partial charge in [0.25, 0.3) is 5.56 Å². The molecule has 8 heteroatoms. The number of thiophene rings is 1. The molecule has 0 unspecified atom stereocenters. The molecule has 0 saturated carbocycles. The van der Waals surface area contributed by atoms with Crippen LogP contribution in [0.15, 0.2) is 34.2 Å². The molecule has 0 bridgehead atoms. The van der Waals surface area contributed by atoms with Crippen LogP contribution in [0.1, 0.15) is 35.5 Å². The molecule has 5 rings (SSSR count). The van der Waals surface area contributed by atoms with Crippen molar-refractivity contribution in [3.8, 4) is 0 Å². The number of nitrogens with zero attached hydrogens (tertiary/aromatic N) is 4. The summed E-state index contributed by atoms with van der Waals surface area (Å²) >= 11 is 3.22. The first-order valence-corrected chi connectivity index (χ1v) is 11.6. The largest absolute Gasteiger partial charge is 0.383 e. The number of aromatic nitrogens is 4. The minimum atomic E-state index is -0.0454. The quantitative estimate of drug-likeness (QED) is 0.303. The van der Waals surface area contributed by atoms with Gasteiger partial charge in [0.05, 0.1) is 22.0 Å². The summed E-state index contributed by atoms with van der Waals surface area (Å²) in [6.45, 7) is 0. The maximum Gasteiger partial charge on any atom is 0.261 e. The van der Waals surface area contributed by atoms with Crippen molar-refractivity contribution in [2.24, 2.45) is 7.05 Å². The summed E-state index contributed by atoms with van der Waals surface area (Å²) in [5.74, 6) is 1.77. The highest BCUT2D eigenvalue weighted by Gasteiger charge is 2.19. The minimum Gasteiger partial charge on any atom is -0.383 e. The number of hydrogen-bond donors (Lipinski definition) is 1. The molecule has 1 aromatic carbocycles. The number of thioether (sulfide) groups is 1. The van der Waals surface area contributed by atoms with Crippen molar-refractivity contribution >= 4 is 50.0 Å². The lowest BCUT2D eigenvalue weighted by molar-refractivity contribution is 0.713. The molecular weight excluding hydrogens is 402 g/mol. The lowest BCUT2D eigenvalue weighted by atomic mass is 10.1. The Hall–Kier alpha value is -2.45. The maximum atomic E-state index is 12.6. The summed E-state index contributed by atoms with van der Waals surface area (Å²) in [5, 5.41) is 2.33. The zero-order valence-corrected chi connectivity index (χ0v) is 17.8. The van der Waals surface area contributed by atoms with E-state index in [2.05, 4.69) is 9.97 Å². The number of rotatable bonds is 3. The SMILES string of the molecule is Cn1c(SCc2nc(N)c3c4c(sc3n2)CCCCC4)nc2ccccc2c1=O. The lowest BCUT2D eigenvalue weighted by Gasteiger charge is -2.09. The van der Waals surface area contributed by atoms with E-state index in [1.54, 1.807) is 29.0 Å². The van der Waals surface area contributed by atoms with Crippen LogP contribution in [0.3, 0.4) is 0 Å². The van der Waals surface area contributed by atoms with E-state index in [1.165, 1.54) is 41.5 Å². The van der Waals surface area contributed by atoms with Crippen LogP contribution in [0.4, 0.5) is 5.82 Å². The highest BCUT2D eigenvalue weighted by Crippen LogP contribution is 2.37. The van der Waals surface area contributed by atoms with E-state index >= 15 is 0 Å². The fraction of sp³-hybridized carbons (Fsp3) is 0.333. The van der Waals surface area contributed by atoms with Crippen LogP contribution in [0, 0.1) is 0 Å². The van der Waals surface area contributed by atoms with E-state index in [0.717, 1.165) is 23.1 Å². The number of nitrogens with two attached hydrogens (primary N) is 1. The molecule has 1 aliphatic carbocycles. The summed E-state index contributed by atoms with van der Waals surface area (Å²) in [6.07, 6.45) is 5.90. The van der Waals surface area contributed by atoms with E-state index in [9.17, 15) is 4.79 Å². The topological polar surface area (TPSA) is 86.7 Å². The van der Waals surface area contributed by atoms with Crippen LogP contribution in [-0.2, 0) is 25.6 Å². The second-order valence-corrected chi connectivity index (χ2v) is 9.36. The van der Waals surface area contributed by atoms with Crippen LogP contribution >= 0.6 is 23.1 Å². The smallest absolute Gasteiger partial charge is 0.261 e. The van der Waals surface area contributed by atoms with Crippen LogP contribution in [0.2, 0.25) is 0 Å². The predicted molar refractivity (Wildman–Crippen MR) is 120 cm³/mol. The number of hydrogen-bond acceptors (Lipinski definition) is 7. The number of aryl methyl sites for hydroxylation is 2. The molecule has 6 nitrogen and oxygen atoms in total. The second kappa shape index (κ2) is 7.42. The van der Waals surface area contributed by atoms with Crippen LogP contribution in [0.5, 0.6) is 0 Å². The monoisotopic (exact) mass is 423 g/mol. The second-order valence-electron chi connectivity index (χ2n) is 7.33. The average molecular weight is 424 g/mol. The molecule has 0 saturated heterocycles. The molecule has 3 heterocycles. The number of benzene rings is 1. The Morgan fingerprint density at radius 3 is 2.86 bits per heavy atom. The normalized spacial score (nSPS) is 14.2. The van der Waals surface area contributed by atoms with Gasteiger partial charge < -0.3 is 5.73 Å². The van der Waals surface area contributed by atoms with Gasteiger partial charge in [-0.3, -0.25) is 9.36 Å². The molecular formula is C21H21N5OS2. The predicted octanol–water partition coefficient (Wildman–Crippen LogP) is 4.08. The minimum absolute atomic E-state index is 0.0454. The molecule has 0 fully saturated rings. The van der Waals surface area contributed by atoms with Gasteiger partial charge in [0.2, 0.25) is 0 Å². The number of fused-ring (bicyclic) bond motifs is 4. The number of nitrogen functional groups attached to an aromatic ring is 1. The van der Waals surface area contributed by atoms with Crippen molar-refractivity contribution < 1.29 is 0 Å². The Morgan fingerprint density at radius 2 is 1.97 bits per heavy atom. The van der Waals surface area contributed by atoms with Crippen molar-refractivity contribution in [3.05, 3.63) is 50.9 Å². The fourth-order valence-corrected chi connectivity index (χ4v) is 6.04. The highest BCUT2D eigenvalue weighted by molar-refractivity contribution is 7.98. The van der Waals surface area contributed by atoms with Gasteiger partial charge >= 0.3 is 0 Å². The van der Waals surface area contributed by atoms with Gasteiger partial charge in [-0.1, -0.05) is 30.3 Å². The Morgan fingerprint density at radius 1 is 1.14 bits per heavy atom. The summed E-state index contributed by atoms with van der Waals surface area (Å²) in [4.78, 5) is 29.0. The number of para-hydroxylation sites is 1. The molecule has 0 radical (unpaired) electrons. The molecule has 4 aromatic rings. The molecule has 0 spiro atoms. The van der Waals surface area contributed by atoms with Crippen LogP contribution in [0.25, 0.3) is 21.1 Å².